The number of hydrogen-bond donors (Lipinski definition) is 1. The summed E-state index contributed by atoms with van der Waals surface area (Å²) in [6, 6.07) is 10.8. The molecular weight excluding hydrogens is 314 g/mol. The van der Waals surface area contributed by atoms with Crippen molar-refractivity contribution in [2.45, 2.75) is 19.5 Å². The highest BCUT2D eigenvalue weighted by molar-refractivity contribution is 7.99. The minimum atomic E-state index is -0.485. The number of nitrogens with zero attached hydrogens (tertiary/aromatic N) is 2. The quantitative estimate of drug-likeness (QED) is 0.925. The van der Waals surface area contributed by atoms with Crippen LogP contribution in [0.4, 0.5) is 0 Å². The van der Waals surface area contributed by atoms with Gasteiger partial charge < -0.3 is 14.7 Å². The number of carbonyl (C=O) groups is 2. The van der Waals surface area contributed by atoms with Crippen LogP contribution >= 0.6 is 11.8 Å². The Morgan fingerprint density at radius 1 is 1.39 bits per heavy atom. The molecule has 2 heterocycles. The molecule has 1 aliphatic heterocycles. The Labute approximate surface area is 138 Å². The molecular formula is C16H17N3O3S. The lowest BCUT2D eigenvalue weighted by molar-refractivity contribution is -0.124. The van der Waals surface area contributed by atoms with Gasteiger partial charge >= 0.3 is 0 Å². The lowest BCUT2D eigenvalue weighted by atomic mass is 10.2. The number of amides is 2. The lowest BCUT2D eigenvalue weighted by Crippen LogP contribution is -2.47. The Kier molecular flexibility index (Phi) is 4.66. The summed E-state index contributed by atoms with van der Waals surface area (Å²) < 4.78 is 5.01. The SMILES string of the molecule is Cc1cc(C(=O)N2CSCC2C(=O)NCc2ccccc2)on1. The molecule has 1 fully saturated rings. The molecule has 7 heteroatoms. The minimum absolute atomic E-state index is 0.150. The van der Waals surface area contributed by atoms with Crippen LogP contribution in [0, 0.1) is 6.92 Å². The van der Waals surface area contributed by atoms with Crippen LogP contribution in [-0.2, 0) is 11.3 Å². The maximum Gasteiger partial charge on any atom is 0.293 e. The second-order valence-electron chi connectivity index (χ2n) is 5.33. The molecule has 2 amide bonds. The van der Waals surface area contributed by atoms with Gasteiger partial charge in [0.15, 0.2) is 0 Å². The number of nitrogens with one attached hydrogen (secondary N) is 1. The van der Waals surface area contributed by atoms with Gasteiger partial charge in [-0.3, -0.25) is 9.59 Å². The summed E-state index contributed by atoms with van der Waals surface area (Å²) in [6.07, 6.45) is 0. The number of carbonyl (C=O) groups excluding carboxylic acids is 2. The van der Waals surface area contributed by atoms with Crippen molar-refractivity contribution < 1.29 is 14.1 Å². The van der Waals surface area contributed by atoms with Crippen molar-refractivity contribution >= 4 is 23.6 Å². The molecule has 6 nitrogen and oxygen atoms in total. The number of benzene rings is 1. The van der Waals surface area contributed by atoms with E-state index in [1.807, 2.05) is 30.3 Å². The number of aromatic nitrogens is 1. The topological polar surface area (TPSA) is 75.4 Å². The maximum absolute atomic E-state index is 12.4. The van der Waals surface area contributed by atoms with E-state index in [4.69, 9.17) is 4.52 Å². The normalized spacial score (nSPS) is 17.3. The average molecular weight is 331 g/mol. The van der Waals surface area contributed by atoms with Crippen molar-refractivity contribution in [1.29, 1.82) is 0 Å². The van der Waals surface area contributed by atoms with Gasteiger partial charge in [-0.15, -0.1) is 11.8 Å². The predicted octanol–water partition coefficient (Wildman–Crippen LogP) is 1.81. The van der Waals surface area contributed by atoms with E-state index < -0.39 is 6.04 Å². The van der Waals surface area contributed by atoms with Gasteiger partial charge in [-0.1, -0.05) is 35.5 Å². The first kappa shape index (κ1) is 15.6. The number of hydrogen-bond acceptors (Lipinski definition) is 5. The number of thioether (sulfide) groups is 1. The second-order valence-corrected chi connectivity index (χ2v) is 6.33. The molecule has 1 aromatic heterocycles. The third-order valence-electron chi connectivity index (χ3n) is 3.59. The first-order chi connectivity index (χ1) is 11.1. The Morgan fingerprint density at radius 3 is 2.87 bits per heavy atom. The van der Waals surface area contributed by atoms with E-state index in [0.717, 1.165) is 5.56 Å². The second kappa shape index (κ2) is 6.87. The molecule has 3 rings (SSSR count). The molecule has 0 radical (unpaired) electrons. The Hall–Kier alpha value is -2.28. The number of rotatable bonds is 4. The van der Waals surface area contributed by atoms with Crippen LogP contribution in [0.1, 0.15) is 21.8 Å². The summed E-state index contributed by atoms with van der Waals surface area (Å²) in [5.41, 5.74) is 1.67. The van der Waals surface area contributed by atoms with Gasteiger partial charge in [0, 0.05) is 18.4 Å². The maximum atomic E-state index is 12.4. The molecule has 120 valence electrons. The van der Waals surface area contributed by atoms with Crippen LogP contribution in [0.15, 0.2) is 40.9 Å². The third-order valence-corrected chi connectivity index (χ3v) is 4.61. The van der Waals surface area contributed by atoms with Crippen LogP contribution in [0.25, 0.3) is 0 Å². The summed E-state index contributed by atoms with van der Waals surface area (Å²) in [7, 11) is 0. The molecule has 1 N–H and O–H groups in total. The number of aryl methyl sites for hydroxylation is 1. The van der Waals surface area contributed by atoms with Crippen LogP contribution in [-0.4, -0.2) is 39.5 Å². The highest BCUT2D eigenvalue weighted by atomic mass is 32.2. The Bertz CT molecular complexity index is 702. The van der Waals surface area contributed by atoms with Crippen LogP contribution in [0.2, 0.25) is 0 Å². The molecule has 1 atom stereocenters. The fraction of sp³-hybridized carbons (Fsp3) is 0.312. The van der Waals surface area contributed by atoms with Gasteiger partial charge in [-0.05, 0) is 12.5 Å². The van der Waals surface area contributed by atoms with E-state index in [2.05, 4.69) is 10.5 Å². The summed E-state index contributed by atoms with van der Waals surface area (Å²) >= 11 is 1.55. The van der Waals surface area contributed by atoms with Gasteiger partial charge in [-0.2, -0.15) is 0 Å². The van der Waals surface area contributed by atoms with Gasteiger partial charge in [-0.25, -0.2) is 0 Å². The summed E-state index contributed by atoms with van der Waals surface area (Å²) in [4.78, 5) is 26.4. The average Bonchev–Trinajstić information content (AvgIpc) is 3.22. The summed E-state index contributed by atoms with van der Waals surface area (Å²) in [5, 5.41) is 6.62. The lowest BCUT2D eigenvalue weighted by Gasteiger charge is -2.21. The molecule has 1 unspecified atom stereocenters. The van der Waals surface area contributed by atoms with Gasteiger partial charge in [0.1, 0.15) is 6.04 Å². The van der Waals surface area contributed by atoms with E-state index in [1.165, 1.54) is 4.90 Å². The first-order valence-electron chi connectivity index (χ1n) is 7.29. The molecule has 1 aliphatic rings. The zero-order valence-corrected chi connectivity index (χ0v) is 13.5. The van der Waals surface area contributed by atoms with E-state index in [0.29, 0.717) is 23.9 Å². The van der Waals surface area contributed by atoms with E-state index in [9.17, 15) is 9.59 Å². The molecule has 0 bridgehead atoms. The van der Waals surface area contributed by atoms with Crippen molar-refractivity contribution in [1.82, 2.24) is 15.4 Å². The molecule has 1 aromatic carbocycles. The van der Waals surface area contributed by atoms with Gasteiger partial charge in [0.25, 0.3) is 5.91 Å². The Balaban J connectivity index is 1.64. The van der Waals surface area contributed by atoms with Crippen LogP contribution in [0.5, 0.6) is 0 Å². The Morgan fingerprint density at radius 2 is 2.17 bits per heavy atom. The minimum Gasteiger partial charge on any atom is -0.351 e. The summed E-state index contributed by atoms with van der Waals surface area (Å²) in [5.74, 6) is 0.784. The molecule has 0 aliphatic carbocycles. The standard InChI is InChI=1S/C16H17N3O3S/c1-11-7-14(22-18-11)16(21)19-10-23-9-13(19)15(20)17-8-12-5-3-2-4-6-12/h2-7,13H,8-10H2,1H3,(H,17,20). The van der Waals surface area contributed by atoms with E-state index in [1.54, 1.807) is 24.8 Å². The first-order valence-corrected chi connectivity index (χ1v) is 8.44. The van der Waals surface area contributed by atoms with Crippen molar-refractivity contribution in [3.63, 3.8) is 0 Å². The largest absolute Gasteiger partial charge is 0.351 e. The highest BCUT2D eigenvalue weighted by Crippen LogP contribution is 2.23. The monoisotopic (exact) mass is 331 g/mol. The van der Waals surface area contributed by atoms with Crippen molar-refractivity contribution in [2.75, 3.05) is 11.6 Å². The fourth-order valence-corrected chi connectivity index (χ4v) is 3.52. The van der Waals surface area contributed by atoms with Crippen molar-refractivity contribution in [3.05, 3.63) is 53.4 Å². The molecule has 2 aromatic rings. The summed E-state index contributed by atoms with van der Waals surface area (Å²) in [6.45, 7) is 2.20. The fourth-order valence-electron chi connectivity index (χ4n) is 2.37. The molecule has 1 saturated heterocycles. The van der Waals surface area contributed by atoms with Crippen LogP contribution in [0.3, 0.4) is 0 Å². The van der Waals surface area contributed by atoms with Gasteiger partial charge in [0.2, 0.25) is 11.7 Å². The van der Waals surface area contributed by atoms with E-state index >= 15 is 0 Å². The zero-order chi connectivity index (χ0) is 16.2. The van der Waals surface area contributed by atoms with Crippen molar-refractivity contribution in [2.24, 2.45) is 0 Å². The molecule has 0 saturated carbocycles. The predicted molar refractivity (Wildman–Crippen MR) is 86.8 cm³/mol. The van der Waals surface area contributed by atoms with Crippen LogP contribution < -0.4 is 5.32 Å². The van der Waals surface area contributed by atoms with Crippen molar-refractivity contribution in [3.8, 4) is 0 Å². The van der Waals surface area contributed by atoms with E-state index in [-0.39, 0.29) is 17.6 Å². The molecule has 0 spiro atoms. The third kappa shape index (κ3) is 3.56. The van der Waals surface area contributed by atoms with Gasteiger partial charge in [0.05, 0.1) is 11.6 Å². The smallest absolute Gasteiger partial charge is 0.293 e. The zero-order valence-electron chi connectivity index (χ0n) is 12.7. The highest BCUT2D eigenvalue weighted by Gasteiger charge is 2.36. The molecule has 23 heavy (non-hydrogen) atoms.